The molecule has 66 valence electrons. The molecule has 11 heavy (non-hydrogen) atoms. The number of hydrogen-bond acceptors (Lipinski definition) is 3. The van der Waals surface area contributed by atoms with Gasteiger partial charge >= 0.3 is 0 Å². The minimum atomic E-state index is -0.499. The standard InChI is InChI=1S/C8H16O3/c1-3-4-8(10)6-11-7(2)5-9/h3,7-10H,1,4-6H2,2H3. The van der Waals surface area contributed by atoms with Crippen LogP contribution in [0.4, 0.5) is 0 Å². The second-order valence-electron chi connectivity index (χ2n) is 2.50. The molecule has 3 heteroatoms. The first-order valence-corrected chi connectivity index (χ1v) is 3.72. The molecule has 0 aliphatic heterocycles. The molecule has 0 saturated heterocycles. The van der Waals surface area contributed by atoms with E-state index in [2.05, 4.69) is 6.58 Å². The van der Waals surface area contributed by atoms with Crippen molar-refractivity contribution in [2.24, 2.45) is 0 Å². The van der Waals surface area contributed by atoms with Gasteiger partial charge < -0.3 is 14.9 Å². The quantitative estimate of drug-likeness (QED) is 0.550. The van der Waals surface area contributed by atoms with Gasteiger partial charge in [-0.15, -0.1) is 6.58 Å². The van der Waals surface area contributed by atoms with Crippen LogP contribution in [-0.2, 0) is 4.74 Å². The summed E-state index contributed by atoms with van der Waals surface area (Å²) in [6.45, 7) is 5.48. The summed E-state index contributed by atoms with van der Waals surface area (Å²) in [5, 5.41) is 17.7. The molecule has 2 atom stereocenters. The Kier molecular flexibility index (Phi) is 6.12. The van der Waals surface area contributed by atoms with E-state index in [0.717, 1.165) is 0 Å². The van der Waals surface area contributed by atoms with Crippen molar-refractivity contribution in [3.05, 3.63) is 12.7 Å². The molecule has 0 fully saturated rings. The molecule has 0 radical (unpaired) electrons. The molecule has 2 N–H and O–H groups in total. The van der Waals surface area contributed by atoms with Gasteiger partial charge in [0.1, 0.15) is 0 Å². The largest absolute Gasteiger partial charge is 0.394 e. The Hall–Kier alpha value is -0.380. The molecule has 0 aromatic heterocycles. The van der Waals surface area contributed by atoms with Gasteiger partial charge in [0.15, 0.2) is 0 Å². The van der Waals surface area contributed by atoms with Crippen molar-refractivity contribution in [1.82, 2.24) is 0 Å². The van der Waals surface area contributed by atoms with Gasteiger partial charge in [0.05, 0.1) is 25.4 Å². The lowest BCUT2D eigenvalue weighted by atomic mass is 10.3. The Bertz CT molecular complexity index is 104. The topological polar surface area (TPSA) is 49.7 Å². The monoisotopic (exact) mass is 160 g/mol. The molecule has 0 aliphatic rings. The first-order chi connectivity index (χ1) is 5.20. The lowest BCUT2D eigenvalue weighted by molar-refractivity contribution is -0.0221. The third-order valence-corrected chi connectivity index (χ3v) is 1.27. The Morgan fingerprint density at radius 1 is 1.64 bits per heavy atom. The fourth-order valence-corrected chi connectivity index (χ4v) is 0.588. The van der Waals surface area contributed by atoms with Gasteiger partial charge in [-0.3, -0.25) is 0 Å². The van der Waals surface area contributed by atoms with Crippen molar-refractivity contribution in [2.75, 3.05) is 13.2 Å². The molecular weight excluding hydrogens is 144 g/mol. The fourth-order valence-electron chi connectivity index (χ4n) is 0.588. The van der Waals surface area contributed by atoms with Crippen LogP contribution in [0.1, 0.15) is 13.3 Å². The van der Waals surface area contributed by atoms with Crippen molar-refractivity contribution in [3.63, 3.8) is 0 Å². The van der Waals surface area contributed by atoms with Crippen LogP contribution in [-0.4, -0.2) is 35.6 Å². The highest BCUT2D eigenvalue weighted by Crippen LogP contribution is 1.96. The average molecular weight is 160 g/mol. The van der Waals surface area contributed by atoms with Gasteiger partial charge in [-0.05, 0) is 13.3 Å². The van der Waals surface area contributed by atoms with E-state index >= 15 is 0 Å². The van der Waals surface area contributed by atoms with Crippen molar-refractivity contribution < 1.29 is 14.9 Å². The predicted molar refractivity (Wildman–Crippen MR) is 43.3 cm³/mol. The highest BCUT2D eigenvalue weighted by molar-refractivity contribution is 4.71. The summed E-state index contributed by atoms with van der Waals surface area (Å²) < 4.78 is 5.06. The summed E-state index contributed by atoms with van der Waals surface area (Å²) in [5.41, 5.74) is 0. The first kappa shape index (κ1) is 10.6. The summed E-state index contributed by atoms with van der Waals surface area (Å²) >= 11 is 0. The highest BCUT2D eigenvalue weighted by atomic mass is 16.5. The summed E-state index contributed by atoms with van der Waals surface area (Å²) in [4.78, 5) is 0. The Labute approximate surface area is 67.3 Å². The number of aliphatic hydroxyl groups excluding tert-OH is 2. The smallest absolute Gasteiger partial charge is 0.0808 e. The molecule has 0 aliphatic carbocycles. The van der Waals surface area contributed by atoms with Crippen molar-refractivity contribution in [2.45, 2.75) is 25.6 Å². The van der Waals surface area contributed by atoms with E-state index in [1.807, 2.05) is 0 Å². The van der Waals surface area contributed by atoms with E-state index in [9.17, 15) is 0 Å². The van der Waals surface area contributed by atoms with Crippen molar-refractivity contribution >= 4 is 0 Å². The van der Waals surface area contributed by atoms with Crippen molar-refractivity contribution in [1.29, 1.82) is 0 Å². The van der Waals surface area contributed by atoms with Crippen LogP contribution in [0.2, 0.25) is 0 Å². The zero-order valence-electron chi connectivity index (χ0n) is 6.86. The molecule has 0 saturated carbocycles. The third-order valence-electron chi connectivity index (χ3n) is 1.27. The summed E-state index contributed by atoms with van der Waals surface area (Å²) in [7, 11) is 0. The maximum Gasteiger partial charge on any atom is 0.0808 e. The van der Waals surface area contributed by atoms with E-state index in [1.54, 1.807) is 13.0 Å². The molecule has 0 heterocycles. The first-order valence-electron chi connectivity index (χ1n) is 3.72. The molecule has 0 rings (SSSR count). The Morgan fingerprint density at radius 2 is 2.27 bits per heavy atom. The third kappa shape index (κ3) is 6.04. The number of ether oxygens (including phenoxy) is 1. The summed E-state index contributed by atoms with van der Waals surface area (Å²) in [5.74, 6) is 0. The van der Waals surface area contributed by atoms with Gasteiger partial charge in [0.25, 0.3) is 0 Å². The highest BCUT2D eigenvalue weighted by Gasteiger charge is 2.04. The SMILES string of the molecule is C=CCC(O)COC(C)CO. The van der Waals surface area contributed by atoms with Crippen LogP contribution in [0, 0.1) is 0 Å². The van der Waals surface area contributed by atoms with Gasteiger partial charge in [0.2, 0.25) is 0 Å². The minimum absolute atomic E-state index is 0.0131. The van der Waals surface area contributed by atoms with Gasteiger partial charge in [-0.25, -0.2) is 0 Å². The maximum atomic E-state index is 9.12. The van der Waals surface area contributed by atoms with Gasteiger partial charge in [0, 0.05) is 0 Å². The van der Waals surface area contributed by atoms with Crippen LogP contribution in [0.5, 0.6) is 0 Å². The summed E-state index contributed by atoms with van der Waals surface area (Å²) in [6, 6.07) is 0. The normalized spacial score (nSPS) is 15.9. The molecule has 3 nitrogen and oxygen atoms in total. The lowest BCUT2D eigenvalue weighted by Crippen LogP contribution is -2.21. The summed E-state index contributed by atoms with van der Waals surface area (Å²) in [6.07, 6.45) is 1.46. The van der Waals surface area contributed by atoms with Crippen molar-refractivity contribution in [3.8, 4) is 0 Å². The van der Waals surface area contributed by atoms with E-state index < -0.39 is 6.10 Å². The maximum absolute atomic E-state index is 9.12. The van der Waals surface area contributed by atoms with E-state index in [-0.39, 0.29) is 19.3 Å². The van der Waals surface area contributed by atoms with E-state index in [1.165, 1.54) is 0 Å². The zero-order chi connectivity index (χ0) is 8.69. The fraction of sp³-hybridized carbons (Fsp3) is 0.750. The van der Waals surface area contributed by atoms with Crippen LogP contribution in [0.3, 0.4) is 0 Å². The Balaban J connectivity index is 3.29. The number of hydrogen-bond donors (Lipinski definition) is 2. The second-order valence-corrected chi connectivity index (χ2v) is 2.50. The minimum Gasteiger partial charge on any atom is -0.394 e. The van der Waals surface area contributed by atoms with Gasteiger partial charge in [-0.1, -0.05) is 6.08 Å². The molecule has 0 amide bonds. The molecular formula is C8H16O3. The van der Waals surface area contributed by atoms with E-state index in [0.29, 0.717) is 6.42 Å². The second kappa shape index (κ2) is 6.34. The molecule has 0 bridgehead atoms. The predicted octanol–water partition coefficient (Wildman–Crippen LogP) is 0.321. The molecule has 0 aromatic carbocycles. The molecule has 2 unspecified atom stereocenters. The van der Waals surface area contributed by atoms with Crippen LogP contribution in [0.15, 0.2) is 12.7 Å². The van der Waals surface area contributed by atoms with Crippen LogP contribution in [0.25, 0.3) is 0 Å². The van der Waals surface area contributed by atoms with Gasteiger partial charge in [-0.2, -0.15) is 0 Å². The average Bonchev–Trinajstić information content (AvgIpc) is 2.01. The van der Waals surface area contributed by atoms with Crippen LogP contribution < -0.4 is 0 Å². The number of rotatable bonds is 6. The van der Waals surface area contributed by atoms with E-state index in [4.69, 9.17) is 14.9 Å². The Morgan fingerprint density at radius 3 is 2.73 bits per heavy atom. The molecule has 0 spiro atoms. The number of aliphatic hydroxyl groups is 2. The zero-order valence-corrected chi connectivity index (χ0v) is 6.86. The molecule has 0 aromatic rings. The van der Waals surface area contributed by atoms with Crippen LogP contribution >= 0.6 is 0 Å². The lowest BCUT2D eigenvalue weighted by Gasteiger charge is -2.12.